The molecule has 1 aromatic heterocycles. The summed E-state index contributed by atoms with van der Waals surface area (Å²) in [6, 6.07) is 10.7. The van der Waals surface area contributed by atoms with Gasteiger partial charge in [-0.15, -0.1) is 11.3 Å². The largest absolute Gasteiger partial charge is 0.480 e. The van der Waals surface area contributed by atoms with Gasteiger partial charge in [-0.05, 0) is 41.3 Å². The number of rotatable bonds is 9. The molecule has 1 heterocycles. The summed E-state index contributed by atoms with van der Waals surface area (Å²) >= 11 is 5.83. The van der Waals surface area contributed by atoms with Crippen LogP contribution in [0.25, 0.3) is 11.1 Å². The Bertz CT molecular complexity index is 952. The highest BCUT2D eigenvalue weighted by molar-refractivity contribution is 7.81. The lowest BCUT2D eigenvalue weighted by atomic mass is 9.94. The number of benzene rings is 1. The number of nitrogens with one attached hydrogen (secondary N) is 2. The molecule has 1 saturated carbocycles. The molecule has 0 saturated heterocycles. The highest BCUT2D eigenvalue weighted by atomic mass is 32.1. The normalized spacial score (nSPS) is 17.0. The fraction of sp³-hybridized carbons (Fsp3) is 0.458. The first kappa shape index (κ1) is 24.3. The smallest absolute Gasteiger partial charge is 0.326 e. The van der Waals surface area contributed by atoms with Crippen LogP contribution in [0.2, 0.25) is 0 Å². The molecule has 2 atom stereocenters. The summed E-state index contributed by atoms with van der Waals surface area (Å²) in [7, 11) is 0. The molecule has 8 heteroatoms. The minimum Gasteiger partial charge on any atom is -0.480 e. The van der Waals surface area contributed by atoms with Crippen molar-refractivity contribution in [2.24, 2.45) is 5.92 Å². The summed E-state index contributed by atoms with van der Waals surface area (Å²) in [4.78, 5) is 38.6. The second kappa shape index (κ2) is 10.5. The third kappa shape index (κ3) is 5.72. The predicted octanol–water partition coefficient (Wildman–Crippen LogP) is 3.91. The number of thiophene rings is 1. The van der Waals surface area contributed by atoms with E-state index in [9.17, 15) is 19.5 Å². The zero-order valence-electron chi connectivity index (χ0n) is 18.3. The van der Waals surface area contributed by atoms with Gasteiger partial charge in [0.2, 0.25) is 11.8 Å². The van der Waals surface area contributed by atoms with E-state index in [1.807, 2.05) is 55.6 Å². The number of thiol groups is 1. The second-order valence-corrected chi connectivity index (χ2v) is 10.3. The summed E-state index contributed by atoms with van der Waals surface area (Å²) in [5, 5.41) is 16.8. The Kier molecular flexibility index (Phi) is 8.00. The molecule has 6 nitrogen and oxygen atoms in total. The molecule has 3 rings (SSSR count). The van der Waals surface area contributed by atoms with Crippen molar-refractivity contribution in [1.29, 1.82) is 0 Å². The molecular formula is C24H30N2O4S2. The van der Waals surface area contributed by atoms with Crippen molar-refractivity contribution < 1.29 is 19.5 Å². The van der Waals surface area contributed by atoms with Crippen molar-refractivity contribution >= 4 is 41.7 Å². The van der Waals surface area contributed by atoms with Gasteiger partial charge in [-0.3, -0.25) is 9.59 Å². The lowest BCUT2D eigenvalue weighted by Gasteiger charge is -2.32. The van der Waals surface area contributed by atoms with E-state index in [-0.39, 0.29) is 18.2 Å². The highest BCUT2D eigenvalue weighted by Crippen LogP contribution is 2.31. The van der Waals surface area contributed by atoms with Gasteiger partial charge in [0, 0.05) is 11.3 Å². The zero-order valence-corrected chi connectivity index (χ0v) is 20.0. The molecule has 172 valence electrons. The van der Waals surface area contributed by atoms with Crippen molar-refractivity contribution in [1.82, 2.24) is 10.6 Å². The fourth-order valence-electron chi connectivity index (χ4n) is 3.97. The van der Waals surface area contributed by atoms with Crippen LogP contribution >= 0.6 is 24.0 Å². The molecule has 32 heavy (non-hydrogen) atoms. The number of amides is 2. The number of carbonyl (C=O) groups excluding carboxylic acids is 2. The Morgan fingerprint density at radius 1 is 1.12 bits per heavy atom. The van der Waals surface area contributed by atoms with E-state index in [2.05, 4.69) is 23.3 Å². The van der Waals surface area contributed by atoms with Crippen LogP contribution in [0.4, 0.5) is 0 Å². The Balaban J connectivity index is 1.72. The number of aliphatic carboxylic acids is 1. The second-order valence-electron chi connectivity index (χ2n) is 8.70. The molecule has 2 aromatic rings. The van der Waals surface area contributed by atoms with Gasteiger partial charge < -0.3 is 15.7 Å². The summed E-state index contributed by atoms with van der Waals surface area (Å²) < 4.78 is 0. The lowest BCUT2D eigenvalue weighted by molar-refractivity contribution is -0.143. The number of carboxylic acid groups (broad SMARTS) is 1. The average Bonchev–Trinajstić information content (AvgIpc) is 3.43. The average molecular weight is 475 g/mol. The van der Waals surface area contributed by atoms with Crippen LogP contribution in [0.1, 0.15) is 44.4 Å². The van der Waals surface area contributed by atoms with Crippen molar-refractivity contribution in [2.75, 3.05) is 0 Å². The van der Waals surface area contributed by atoms with Crippen molar-refractivity contribution in [3.05, 3.63) is 46.7 Å². The lowest BCUT2D eigenvalue weighted by Crippen LogP contribution is -2.61. The van der Waals surface area contributed by atoms with Crippen LogP contribution in [0.3, 0.4) is 0 Å². The van der Waals surface area contributed by atoms with Crippen LogP contribution < -0.4 is 10.6 Å². The first-order valence-corrected chi connectivity index (χ1v) is 12.3. The molecule has 1 aliphatic carbocycles. The minimum absolute atomic E-state index is 0.0178. The summed E-state index contributed by atoms with van der Waals surface area (Å²) in [6.45, 7) is 3.79. The van der Waals surface area contributed by atoms with Crippen LogP contribution in [-0.2, 0) is 20.8 Å². The van der Waals surface area contributed by atoms with Crippen molar-refractivity contribution in [3.63, 3.8) is 0 Å². The molecule has 0 aliphatic heterocycles. The Hall–Kier alpha value is -2.32. The Morgan fingerprint density at radius 2 is 1.78 bits per heavy atom. The minimum atomic E-state index is -1.10. The van der Waals surface area contributed by atoms with Crippen LogP contribution in [-0.4, -0.2) is 39.7 Å². The number of carbonyl (C=O) groups is 3. The fourth-order valence-corrected chi connectivity index (χ4v) is 4.97. The molecule has 1 unspecified atom stereocenters. The molecule has 0 bridgehead atoms. The van der Waals surface area contributed by atoms with E-state index in [0.717, 1.165) is 28.8 Å². The van der Waals surface area contributed by atoms with Crippen LogP contribution in [0, 0.1) is 5.92 Å². The van der Waals surface area contributed by atoms with E-state index in [4.69, 9.17) is 0 Å². The molecule has 3 N–H and O–H groups in total. The van der Waals surface area contributed by atoms with E-state index in [1.165, 1.54) is 11.3 Å². The summed E-state index contributed by atoms with van der Waals surface area (Å²) in [6.07, 6.45) is 2.77. The topological polar surface area (TPSA) is 95.5 Å². The summed E-state index contributed by atoms with van der Waals surface area (Å²) in [5.74, 6) is -1.80. The van der Waals surface area contributed by atoms with Crippen molar-refractivity contribution in [3.8, 4) is 11.1 Å². The van der Waals surface area contributed by atoms with Gasteiger partial charge in [-0.1, -0.05) is 57.0 Å². The van der Waals surface area contributed by atoms with E-state index in [1.54, 1.807) is 0 Å². The van der Waals surface area contributed by atoms with Gasteiger partial charge in [0.25, 0.3) is 0 Å². The first-order valence-electron chi connectivity index (χ1n) is 10.9. The maximum absolute atomic E-state index is 13.2. The molecular weight excluding hydrogens is 444 g/mol. The zero-order chi connectivity index (χ0) is 23.3. The van der Waals surface area contributed by atoms with Gasteiger partial charge in [0.15, 0.2) is 0 Å². The molecule has 1 aliphatic rings. The Morgan fingerprint density at radius 3 is 2.38 bits per heavy atom. The third-order valence-corrected chi connectivity index (χ3v) is 7.71. The standard InChI is InChI=1S/C24H30N2O4S2/c1-15(2)20(31)21(27)26-24(10-6-7-11-24)23(30)25-19(22(28)29)13-18-12-17(14-32-18)16-8-4-3-5-9-16/h3-5,8-9,12,14-15,19-20,31H,6-7,10-11,13H2,1-2H3,(H,25,30)(H,26,27)(H,28,29)/t19?,20-/m0/s1. The van der Waals surface area contributed by atoms with E-state index >= 15 is 0 Å². The molecule has 1 aromatic carbocycles. The van der Waals surface area contributed by atoms with Crippen LogP contribution in [0.5, 0.6) is 0 Å². The SMILES string of the molecule is CC(C)[C@H](S)C(=O)NC1(C(=O)NC(Cc2cc(-c3ccccc3)cs2)C(=O)O)CCCC1. The van der Waals surface area contributed by atoms with Gasteiger partial charge >= 0.3 is 5.97 Å². The quantitative estimate of drug-likeness (QED) is 0.415. The molecule has 0 spiro atoms. The maximum Gasteiger partial charge on any atom is 0.326 e. The predicted molar refractivity (Wildman–Crippen MR) is 130 cm³/mol. The van der Waals surface area contributed by atoms with Gasteiger partial charge in [-0.2, -0.15) is 12.6 Å². The molecule has 0 radical (unpaired) electrons. The number of hydrogen-bond acceptors (Lipinski definition) is 5. The van der Waals surface area contributed by atoms with E-state index in [0.29, 0.717) is 12.8 Å². The summed E-state index contributed by atoms with van der Waals surface area (Å²) in [5.41, 5.74) is 1.00. The van der Waals surface area contributed by atoms with Crippen LogP contribution in [0.15, 0.2) is 41.8 Å². The number of carboxylic acids is 1. The van der Waals surface area contributed by atoms with Crippen molar-refractivity contribution in [2.45, 2.75) is 62.8 Å². The van der Waals surface area contributed by atoms with Gasteiger partial charge in [0.05, 0.1) is 5.25 Å². The first-order chi connectivity index (χ1) is 15.2. The maximum atomic E-state index is 13.2. The highest BCUT2D eigenvalue weighted by Gasteiger charge is 2.44. The monoisotopic (exact) mass is 474 g/mol. The Labute approximate surface area is 198 Å². The van der Waals surface area contributed by atoms with E-state index < -0.39 is 28.7 Å². The molecule has 2 amide bonds. The third-order valence-electron chi connectivity index (χ3n) is 5.92. The van der Waals surface area contributed by atoms with Gasteiger partial charge in [0.1, 0.15) is 11.6 Å². The molecule has 1 fully saturated rings. The number of hydrogen-bond donors (Lipinski definition) is 4. The van der Waals surface area contributed by atoms with Gasteiger partial charge in [-0.25, -0.2) is 4.79 Å².